The van der Waals surface area contributed by atoms with Gasteiger partial charge in [-0.1, -0.05) is 29.4 Å². The zero-order chi connectivity index (χ0) is 27.3. The zero-order valence-corrected chi connectivity index (χ0v) is 21.2. The number of hydrogen-bond donors (Lipinski definition) is 2. The number of aryl methyl sites for hydroxylation is 1. The van der Waals surface area contributed by atoms with Gasteiger partial charge < -0.3 is 19.8 Å². The first kappa shape index (κ1) is 24.4. The van der Waals surface area contributed by atoms with Crippen LogP contribution >= 0.6 is 0 Å². The highest BCUT2D eigenvalue weighted by molar-refractivity contribution is 5.94. The number of carboxylic acids is 1. The summed E-state index contributed by atoms with van der Waals surface area (Å²) in [5.41, 5.74) is 4.08. The molecule has 5 aromatic rings. The minimum atomic E-state index is -1.04. The SMILES string of the molecule is Cc1cc(C(C)Nc2ccccc2C(=O)O)c2nc(N3Cc4ccc(F)cc4C3)n(-c3ccno3)c(=O)c2c1. The van der Waals surface area contributed by atoms with Crippen molar-refractivity contribution in [1.29, 1.82) is 0 Å². The molecular formula is C29H24FN5O4. The molecule has 0 bridgehead atoms. The highest BCUT2D eigenvalue weighted by Gasteiger charge is 2.27. The second-order valence-corrected chi connectivity index (χ2v) is 9.64. The van der Waals surface area contributed by atoms with Crippen molar-refractivity contribution in [3.05, 3.63) is 111 Å². The highest BCUT2D eigenvalue weighted by Crippen LogP contribution is 2.33. The molecule has 0 saturated heterocycles. The largest absolute Gasteiger partial charge is 0.478 e. The van der Waals surface area contributed by atoms with Crippen LogP contribution in [0.25, 0.3) is 16.8 Å². The zero-order valence-electron chi connectivity index (χ0n) is 21.2. The summed E-state index contributed by atoms with van der Waals surface area (Å²) in [6, 6.07) is 16.2. The number of benzene rings is 3. The number of halogens is 1. The number of aromatic carboxylic acids is 1. The number of aromatic nitrogens is 3. The van der Waals surface area contributed by atoms with Crippen LogP contribution in [0.3, 0.4) is 0 Å². The quantitative estimate of drug-likeness (QED) is 0.311. The number of nitrogens with zero attached hydrogens (tertiary/aromatic N) is 4. The normalized spacial score (nSPS) is 13.5. The summed E-state index contributed by atoms with van der Waals surface area (Å²) in [6.07, 6.45) is 1.46. The Kier molecular flexibility index (Phi) is 5.86. The molecule has 1 aliphatic rings. The van der Waals surface area contributed by atoms with E-state index < -0.39 is 12.0 Å². The van der Waals surface area contributed by atoms with Gasteiger partial charge in [0.1, 0.15) is 5.82 Å². The molecule has 9 nitrogen and oxygen atoms in total. The van der Waals surface area contributed by atoms with E-state index >= 15 is 0 Å². The van der Waals surface area contributed by atoms with Gasteiger partial charge in [0.25, 0.3) is 5.56 Å². The van der Waals surface area contributed by atoms with Gasteiger partial charge in [-0.2, -0.15) is 0 Å². The average molecular weight is 526 g/mol. The summed E-state index contributed by atoms with van der Waals surface area (Å²) in [7, 11) is 0. The maximum Gasteiger partial charge on any atom is 0.337 e. The topological polar surface area (TPSA) is 113 Å². The van der Waals surface area contributed by atoms with E-state index in [1.54, 1.807) is 36.4 Å². The second kappa shape index (κ2) is 9.39. The van der Waals surface area contributed by atoms with E-state index in [0.29, 0.717) is 35.6 Å². The van der Waals surface area contributed by atoms with Gasteiger partial charge in [0.05, 0.1) is 28.7 Å². The molecule has 0 radical (unpaired) electrons. The van der Waals surface area contributed by atoms with Gasteiger partial charge in [-0.25, -0.2) is 18.7 Å². The van der Waals surface area contributed by atoms with Crippen molar-refractivity contribution in [2.45, 2.75) is 33.0 Å². The van der Waals surface area contributed by atoms with E-state index in [1.807, 2.05) is 24.8 Å². The maximum absolute atomic E-state index is 14.0. The van der Waals surface area contributed by atoms with Crippen molar-refractivity contribution < 1.29 is 18.8 Å². The Morgan fingerprint density at radius 2 is 1.90 bits per heavy atom. The van der Waals surface area contributed by atoms with E-state index in [1.165, 1.54) is 29.0 Å². The average Bonchev–Trinajstić information content (AvgIpc) is 3.58. The first-order chi connectivity index (χ1) is 18.8. The fourth-order valence-corrected chi connectivity index (χ4v) is 5.13. The van der Waals surface area contributed by atoms with E-state index in [9.17, 15) is 19.1 Å². The molecule has 0 aliphatic carbocycles. The van der Waals surface area contributed by atoms with E-state index in [4.69, 9.17) is 9.51 Å². The third-order valence-corrected chi connectivity index (χ3v) is 6.94. The minimum absolute atomic E-state index is 0.143. The molecule has 10 heteroatoms. The lowest BCUT2D eigenvalue weighted by molar-refractivity contribution is 0.0698. The summed E-state index contributed by atoms with van der Waals surface area (Å²) in [5.74, 6) is -0.811. The lowest BCUT2D eigenvalue weighted by Gasteiger charge is -2.23. The Hall–Kier alpha value is -4.99. The predicted octanol–water partition coefficient (Wildman–Crippen LogP) is 5.21. The molecule has 39 heavy (non-hydrogen) atoms. The number of anilines is 2. The van der Waals surface area contributed by atoms with Gasteiger partial charge in [0.15, 0.2) is 0 Å². The van der Waals surface area contributed by atoms with Crippen LogP contribution in [-0.2, 0) is 13.1 Å². The molecule has 0 saturated carbocycles. The van der Waals surface area contributed by atoms with E-state index in [2.05, 4.69) is 10.5 Å². The van der Waals surface area contributed by atoms with Crippen LogP contribution < -0.4 is 15.8 Å². The van der Waals surface area contributed by atoms with Gasteiger partial charge in [-0.3, -0.25) is 4.79 Å². The number of hydrogen-bond acceptors (Lipinski definition) is 7. The predicted molar refractivity (Wildman–Crippen MR) is 144 cm³/mol. The molecule has 6 rings (SSSR count). The number of fused-ring (bicyclic) bond motifs is 2. The number of carboxylic acid groups (broad SMARTS) is 1. The highest BCUT2D eigenvalue weighted by atomic mass is 19.1. The summed E-state index contributed by atoms with van der Waals surface area (Å²) in [6.45, 7) is 4.58. The molecule has 0 spiro atoms. The summed E-state index contributed by atoms with van der Waals surface area (Å²) in [4.78, 5) is 32.7. The molecule has 2 aromatic heterocycles. The van der Waals surface area contributed by atoms with E-state index in [0.717, 1.165) is 22.3 Å². The molecule has 3 heterocycles. The lowest BCUT2D eigenvalue weighted by Crippen LogP contribution is -2.29. The smallest absolute Gasteiger partial charge is 0.337 e. The molecule has 3 aromatic carbocycles. The summed E-state index contributed by atoms with van der Waals surface area (Å²) >= 11 is 0. The molecular weight excluding hydrogens is 501 g/mol. The number of carbonyl (C=O) groups is 1. The maximum atomic E-state index is 14.0. The number of nitrogens with one attached hydrogen (secondary N) is 1. The van der Waals surface area contributed by atoms with Crippen LogP contribution in [0.1, 0.15) is 45.6 Å². The van der Waals surface area contributed by atoms with Gasteiger partial charge in [-0.05, 0) is 60.9 Å². The lowest BCUT2D eigenvalue weighted by atomic mass is 10.0. The number of rotatable bonds is 6. The first-order valence-corrected chi connectivity index (χ1v) is 12.4. The molecule has 1 atom stereocenters. The van der Waals surface area contributed by atoms with Crippen molar-refractivity contribution in [1.82, 2.24) is 14.7 Å². The molecule has 0 fully saturated rings. The Labute approximate surface area is 222 Å². The van der Waals surface area contributed by atoms with Crippen molar-refractivity contribution in [3.8, 4) is 5.88 Å². The standard InChI is InChI=1S/C29H24FN5O4/c1-16-11-22(17(2)32-24-6-4-3-5-21(24)28(37)38)26-23(12-16)27(36)35(25-9-10-31-39-25)29(33-26)34-14-18-7-8-20(30)13-19(18)15-34/h3-13,17,32H,14-15H2,1-2H3,(H,37,38). The Morgan fingerprint density at radius 3 is 2.67 bits per heavy atom. The van der Waals surface area contributed by atoms with Crippen LogP contribution in [0.15, 0.2) is 76.2 Å². The van der Waals surface area contributed by atoms with Crippen LogP contribution in [-0.4, -0.2) is 25.8 Å². The van der Waals surface area contributed by atoms with E-state index in [-0.39, 0.29) is 22.8 Å². The van der Waals surface area contributed by atoms with Crippen molar-refractivity contribution in [3.63, 3.8) is 0 Å². The third-order valence-electron chi connectivity index (χ3n) is 6.94. The Morgan fingerprint density at radius 1 is 1.10 bits per heavy atom. The van der Waals surface area contributed by atoms with Gasteiger partial charge in [-0.15, -0.1) is 0 Å². The van der Waals surface area contributed by atoms with Gasteiger partial charge in [0, 0.05) is 30.4 Å². The van der Waals surface area contributed by atoms with Crippen LogP contribution in [0.5, 0.6) is 0 Å². The fourth-order valence-electron chi connectivity index (χ4n) is 5.13. The van der Waals surface area contributed by atoms with Crippen molar-refractivity contribution in [2.75, 3.05) is 10.2 Å². The molecule has 1 aliphatic heterocycles. The van der Waals surface area contributed by atoms with Crippen molar-refractivity contribution in [2.24, 2.45) is 0 Å². The first-order valence-electron chi connectivity index (χ1n) is 12.4. The van der Waals surface area contributed by atoms with Crippen molar-refractivity contribution >= 4 is 28.5 Å². The molecule has 196 valence electrons. The molecule has 1 unspecified atom stereocenters. The number of para-hydroxylation sites is 1. The molecule has 0 amide bonds. The second-order valence-electron chi connectivity index (χ2n) is 9.64. The minimum Gasteiger partial charge on any atom is -0.478 e. The Balaban J connectivity index is 1.52. The molecule has 2 N–H and O–H groups in total. The Bertz CT molecular complexity index is 1800. The summed E-state index contributed by atoms with van der Waals surface area (Å²) < 4.78 is 20.7. The monoisotopic (exact) mass is 525 g/mol. The van der Waals surface area contributed by atoms with Crippen LogP contribution in [0.2, 0.25) is 0 Å². The fraction of sp³-hybridized carbons (Fsp3) is 0.172. The van der Waals surface area contributed by atoms with Gasteiger partial charge >= 0.3 is 5.97 Å². The third kappa shape index (κ3) is 4.29. The van der Waals surface area contributed by atoms with Gasteiger partial charge in [0.2, 0.25) is 11.8 Å². The van der Waals surface area contributed by atoms with Crippen LogP contribution in [0, 0.1) is 12.7 Å². The summed E-state index contributed by atoms with van der Waals surface area (Å²) in [5, 5.41) is 17.1. The van der Waals surface area contributed by atoms with Crippen LogP contribution in [0.4, 0.5) is 16.0 Å².